The predicted molar refractivity (Wildman–Crippen MR) is 118 cm³/mol. The van der Waals surface area contributed by atoms with E-state index in [1.54, 1.807) is 23.8 Å². The molecule has 0 radical (unpaired) electrons. The molecule has 2 aliphatic carbocycles. The van der Waals surface area contributed by atoms with Crippen LogP contribution in [0.1, 0.15) is 36.8 Å². The zero-order valence-electron chi connectivity index (χ0n) is 17.6. The summed E-state index contributed by atoms with van der Waals surface area (Å²) in [6.07, 6.45) is 4.60. The number of benzene rings is 2. The van der Waals surface area contributed by atoms with Crippen molar-refractivity contribution in [2.75, 3.05) is 14.2 Å². The van der Waals surface area contributed by atoms with Crippen molar-refractivity contribution in [3.05, 3.63) is 59.7 Å². The van der Waals surface area contributed by atoms with Gasteiger partial charge in [-0.25, -0.2) is 0 Å². The van der Waals surface area contributed by atoms with Gasteiger partial charge in [0.05, 0.1) is 6.10 Å². The molecule has 2 aromatic rings. The number of ether oxygens (including phenoxy) is 1. The lowest BCUT2D eigenvalue weighted by atomic mass is 9.61. The molecular weight excluding hydrogens is 394 g/mol. The van der Waals surface area contributed by atoms with Gasteiger partial charge in [-0.1, -0.05) is 36.0 Å². The summed E-state index contributed by atoms with van der Waals surface area (Å²) in [5, 5.41) is 3.57. The Bertz CT molecular complexity index is 958. The number of carbonyl (C=O) groups excluding carboxylic acids is 1. The molecule has 2 aromatic carbocycles. The summed E-state index contributed by atoms with van der Waals surface area (Å²) in [4.78, 5) is 17.8. The molecule has 1 saturated carbocycles. The van der Waals surface area contributed by atoms with Gasteiger partial charge in [0.15, 0.2) is 0 Å². The number of nitrogens with one attached hydrogen (secondary N) is 1. The van der Waals surface area contributed by atoms with Crippen molar-refractivity contribution in [1.29, 1.82) is 0 Å². The van der Waals surface area contributed by atoms with Gasteiger partial charge < -0.3 is 9.64 Å². The van der Waals surface area contributed by atoms with Crippen LogP contribution in [0.4, 0.5) is 0 Å². The topological polar surface area (TPSA) is 67.6 Å². The van der Waals surface area contributed by atoms with Crippen LogP contribution in [0.15, 0.2) is 58.3 Å². The number of amides is 1. The van der Waals surface area contributed by atoms with Gasteiger partial charge in [0.25, 0.3) is 0 Å². The minimum absolute atomic E-state index is 0.103. The average molecular weight is 424 g/mol. The lowest BCUT2D eigenvalue weighted by Gasteiger charge is -2.46. The Morgan fingerprint density at radius 3 is 2.50 bits per heavy atom. The van der Waals surface area contributed by atoms with Crippen molar-refractivity contribution in [3.8, 4) is 0 Å². The fourth-order valence-electron chi connectivity index (χ4n) is 5.81. The molecule has 1 saturated heterocycles. The van der Waals surface area contributed by atoms with Gasteiger partial charge in [0.2, 0.25) is 5.91 Å². The quantitative estimate of drug-likeness (QED) is 0.791. The van der Waals surface area contributed by atoms with E-state index in [0.717, 1.165) is 42.6 Å². The van der Waals surface area contributed by atoms with Gasteiger partial charge in [0, 0.05) is 29.4 Å². The highest BCUT2D eigenvalue weighted by Gasteiger charge is 2.66. The molecule has 2 atom stereocenters. The van der Waals surface area contributed by atoms with Crippen molar-refractivity contribution in [3.63, 3.8) is 0 Å². The highest BCUT2D eigenvalue weighted by Crippen LogP contribution is 2.60. The highest BCUT2D eigenvalue weighted by molar-refractivity contribution is 7.99. The number of nitrogens with zero attached hydrogens (tertiary/aromatic N) is 1. The van der Waals surface area contributed by atoms with E-state index in [-0.39, 0.29) is 17.4 Å². The molecule has 30 heavy (non-hydrogen) atoms. The second-order valence-corrected chi connectivity index (χ2v) is 10.0. The lowest BCUT2D eigenvalue weighted by Crippen LogP contribution is -2.57. The maximum atomic E-state index is 13.7. The van der Waals surface area contributed by atoms with Gasteiger partial charge in [-0.3, -0.25) is 15.8 Å². The number of methoxy groups -OCH3 is 1. The second kappa shape index (κ2) is 7.38. The van der Waals surface area contributed by atoms with Crippen LogP contribution in [0.5, 0.6) is 0 Å². The Labute approximate surface area is 182 Å². The summed E-state index contributed by atoms with van der Waals surface area (Å²) in [6.45, 7) is 0. The summed E-state index contributed by atoms with van der Waals surface area (Å²) in [5.74, 6) is 0.103. The number of fused-ring (bicyclic) bond motifs is 3. The molecule has 6 heteroatoms. The van der Waals surface area contributed by atoms with Gasteiger partial charge in [-0.05, 0) is 67.5 Å². The Morgan fingerprint density at radius 2 is 1.87 bits per heavy atom. The van der Waals surface area contributed by atoms with Crippen molar-refractivity contribution in [1.82, 2.24) is 10.2 Å². The van der Waals surface area contributed by atoms with Gasteiger partial charge in [-0.15, -0.1) is 0 Å². The molecule has 2 spiro atoms. The van der Waals surface area contributed by atoms with E-state index in [1.807, 2.05) is 13.1 Å². The lowest BCUT2D eigenvalue weighted by molar-refractivity contribution is -0.138. The van der Waals surface area contributed by atoms with Gasteiger partial charge >= 0.3 is 0 Å². The molecule has 5 nitrogen and oxygen atoms in total. The maximum Gasteiger partial charge on any atom is 0.250 e. The third kappa shape index (κ3) is 2.85. The number of carbonyl (C=O) groups is 1. The fraction of sp³-hybridized carbons (Fsp3) is 0.458. The fourth-order valence-corrected chi connectivity index (χ4v) is 6.68. The zero-order valence-corrected chi connectivity index (χ0v) is 18.4. The Balaban J connectivity index is 1.58. The molecule has 5 rings (SSSR count). The van der Waals surface area contributed by atoms with E-state index in [9.17, 15) is 4.79 Å². The first-order valence-electron chi connectivity index (χ1n) is 10.7. The van der Waals surface area contributed by atoms with Crippen LogP contribution in [0.3, 0.4) is 0 Å². The van der Waals surface area contributed by atoms with Crippen molar-refractivity contribution >= 4 is 17.7 Å². The molecular formula is C24H29N3O2S. The molecule has 1 heterocycles. The number of rotatable bonds is 3. The van der Waals surface area contributed by atoms with Crippen molar-refractivity contribution in [2.45, 2.75) is 59.8 Å². The number of hydrogen-bond donors (Lipinski definition) is 2. The SMILES string of the molecule is COC1CCC2(CC1)Cc1ccc(Sc3ccccc3)cc1C21NC(N)N(C)C1=O. The van der Waals surface area contributed by atoms with Gasteiger partial charge in [0.1, 0.15) is 11.8 Å². The van der Waals surface area contributed by atoms with Crippen LogP contribution < -0.4 is 11.1 Å². The van der Waals surface area contributed by atoms with Crippen LogP contribution >= 0.6 is 11.8 Å². The monoisotopic (exact) mass is 423 g/mol. The van der Waals surface area contributed by atoms with E-state index in [1.165, 1.54) is 10.5 Å². The van der Waals surface area contributed by atoms with E-state index in [4.69, 9.17) is 10.5 Å². The number of likely N-dealkylation sites (N-methyl/N-ethyl adjacent to an activating group) is 1. The predicted octanol–water partition coefficient (Wildman–Crippen LogP) is 3.47. The minimum atomic E-state index is -0.748. The molecule has 2 fully saturated rings. The second-order valence-electron chi connectivity index (χ2n) is 8.88. The molecule has 2 unspecified atom stereocenters. The van der Waals surface area contributed by atoms with E-state index in [2.05, 4.69) is 47.8 Å². The van der Waals surface area contributed by atoms with Crippen LogP contribution in [0, 0.1) is 5.41 Å². The molecule has 3 aliphatic rings. The third-order valence-corrected chi connectivity index (χ3v) is 8.43. The smallest absolute Gasteiger partial charge is 0.250 e. The van der Waals surface area contributed by atoms with Crippen LogP contribution in [0.2, 0.25) is 0 Å². The molecule has 1 aliphatic heterocycles. The molecule has 1 amide bonds. The summed E-state index contributed by atoms with van der Waals surface area (Å²) in [5.41, 5.74) is 7.83. The summed E-state index contributed by atoms with van der Waals surface area (Å²) < 4.78 is 5.63. The summed E-state index contributed by atoms with van der Waals surface area (Å²) >= 11 is 1.73. The third-order valence-electron chi connectivity index (χ3n) is 7.43. The van der Waals surface area contributed by atoms with Crippen LogP contribution in [0.25, 0.3) is 0 Å². The van der Waals surface area contributed by atoms with Crippen molar-refractivity contribution in [2.24, 2.45) is 11.1 Å². The van der Waals surface area contributed by atoms with Gasteiger partial charge in [-0.2, -0.15) is 0 Å². The first-order chi connectivity index (χ1) is 14.5. The Hall–Kier alpha value is -1.86. The van der Waals surface area contributed by atoms with E-state index in [0.29, 0.717) is 0 Å². The number of nitrogens with two attached hydrogens (primary N) is 1. The summed E-state index contributed by atoms with van der Waals surface area (Å²) in [6, 6.07) is 17.0. The molecule has 3 N–H and O–H groups in total. The Kier molecular flexibility index (Phi) is 4.93. The molecule has 0 bridgehead atoms. The van der Waals surface area contributed by atoms with Crippen LogP contribution in [-0.4, -0.2) is 37.4 Å². The standard InChI is InChI=1S/C24H29N3O2S/c1-27-21(28)24(26-22(27)25)20-14-19(30-18-6-4-3-5-7-18)9-8-16(20)15-23(24)12-10-17(29-2)11-13-23/h3-9,14,17,22,26H,10-13,15,25H2,1-2H3. The largest absolute Gasteiger partial charge is 0.381 e. The van der Waals surface area contributed by atoms with Crippen molar-refractivity contribution < 1.29 is 9.53 Å². The first-order valence-corrected chi connectivity index (χ1v) is 11.5. The first kappa shape index (κ1) is 20.1. The molecule has 158 valence electrons. The average Bonchev–Trinajstić information content (AvgIpc) is 3.16. The highest BCUT2D eigenvalue weighted by atomic mass is 32.2. The van der Waals surface area contributed by atoms with E-state index < -0.39 is 11.8 Å². The minimum Gasteiger partial charge on any atom is -0.381 e. The normalized spacial score (nSPS) is 32.9. The zero-order chi connectivity index (χ0) is 20.9. The molecule has 0 aromatic heterocycles. The maximum absolute atomic E-state index is 13.7. The summed E-state index contributed by atoms with van der Waals surface area (Å²) in [7, 11) is 3.60. The van der Waals surface area contributed by atoms with Crippen LogP contribution in [-0.2, 0) is 21.5 Å². The number of hydrogen-bond acceptors (Lipinski definition) is 5. The van der Waals surface area contributed by atoms with E-state index >= 15 is 0 Å². The Morgan fingerprint density at radius 1 is 1.13 bits per heavy atom.